The molecule has 0 spiro atoms. The summed E-state index contributed by atoms with van der Waals surface area (Å²) in [6.45, 7) is 8.85. The predicted molar refractivity (Wildman–Crippen MR) is 110 cm³/mol. The second kappa shape index (κ2) is 15.4. The molecule has 0 fully saturated rings. The van der Waals surface area contributed by atoms with Gasteiger partial charge in [0.2, 0.25) is 5.91 Å². The number of carbonyl (C=O) groups is 2. The van der Waals surface area contributed by atoms with E-state index >= 15 is 0 Å². The Kier molecular flexibility index (Phi) is 15.8. The van der Waals surface area contributed by atoms with Crippen molar-refractivity contribution >= 4 is 11.8 Å². The van der Waals surface area contributed by atoms with Crippen LogP contribution in [0.2, 0.25) is 0 Å². The summed E-state index contributed by atoms with van der Waals surface area (Å²) in [6.07, 6.45) is -3.13. The summed E-state index contributed by atoms with van der Waals surface area (Å²) in [7, 11) is 1.57. The molecular weight excluding hydrogens is 400 g/mol. The zero-order valence-electron chi connectivity index (χ0n) is 18.8. The molecule has 0 aromatic rings. The van der Waals surface area contributed by atoms with Gasteiger partial charge in [-0.2, -0.15) is 0 Å². The molecule has 0 aliphatic carbocycles. The van der Waals surface area contributed by atoms with E-state index in [1.165, 1.54) is 6.92 Å². The Morgan fingerprint density at radius 1 is 1.13 bits per heavy atom. The third-order valence-corrected chi connectivity index (χ3v) is 3.59. The number of hydroxylamine groups is 1. The molecule has 9 N–H and O–H groups in total. The maximum Gasteiger partial charge on any atom is 0.251 e. The zero-order chi connectivity index (χ0) is 24.0. The lowest BCUT2D eigenvalue weighted by Crippen LogP contribution is -2.50. The smallest absolute Gasteiger partial charge is 0.251 e. The second-order valence-electron chi connectivity index (χ2n) is 7.95. The van der Waals surface area contributed by atoms with E-state index in [-0.39, 0.29) is 25.7 Å². The van der Waals surface area contributed by atoms with Crippen molar-refractivity contribution in [2.75, 3.05) is 33.4 Å². The van der Waals surface area contributed by atoms with Gasteiger partial charge >= 0.3 is 0 Å². The van der Waals surface area contributed by atoms with Crippen LogP contribution in [0.5, 0.6) is 0 Å². The van der Waals surface area contributed by atoms with Gasteiger partial charge in [-0.25, -0.2) is 5.48 Å². The highest BCUT2D eigenvalue weighted by atomic mass is 16.6. The average molecular weight is 441 g/mol. The van der Waals surface area contributed by atoms with Gasteiger partial charge in [0, 0.05) is 13.6 Å². The molecule has 0 aromatic carbocycles. The van der Waals surface area contributed by atoms with Gasteiger partial charge in [0.05, 0.1) is 30.5 Å². The molecule has 0 heterocycles. The first-order valence-corrected chi connectivity index (χ1v) is 9.59. The number of hydrogen-bond acceptors (Lipinski definition) is 10. The summed E-state index contributed by atoms with van der Waals surface area (Å²) >= 11 is 0. The van der Waals surface area contributed by atoms with Gasteiger partial charge in [-0.1, -0.05) is 0 Å². The third kappa shape index (κ3) is 17.5. The molecule has 180 valence electrons. The summed E-state index contributed by atoms with van der Waals surface area (Å²) in [6, 6.07) is 0. The van der Waals surface area contributed by atoms with Crippen molar-refractivity contribution in [3.8, 4) is 0 Å². The van der Waals surface area contributed by atoms with E-state index in [0.717, 1.165) is 0 Å². The van der Waals surface area contributed by atoms with Crippen molar-refractivity contribution in [1.82, 2.24) is 16.1 Å². The minimum atomic E-state index is -1.45. The van der Waals surface area contributed by atoms with Crippen LogP contribution < -0.4 is 21.8 Å². The van der Waals surface area contributed by atoms with Crippen molar-refractivity contribution in [3.05, 3.63) is 0 Å². The normalized spacial score (nSPS) is 14.8. The lowest BCUT2D eigenvalue weighted by Gasteiger charge is -2.32. The summed E-state index contributed by atoms with van der Waals surface area (Å²) in [5.74, 6) is -0.886. The van der Waals surface area contributed by atoms with Crippen molar-refractivity contribution in [2.24, 2.45) is 5.73 Å². The largest absolute Gasteiger partial charge is 0.392 e. The van der Waals surface area contributed by atoms with Gasteiger partial charge in [-0.05, 0) is 41.0 Å². The van der Waals surface area contributed by atoms with E-state index < -0.39 is 35.5 Å². The van der Waals surface area contributed by atoms with Crippen molar-refractivity contribution in [3.63, 3.8) is 0 Å². The first-order valence-electron chi connectivity index (χ1n) is 9.59. The van der Waals surface area contributed by atoms with Crippen LogP contribution in [0.15, 0.2) is 0 Å². The molecular formula is C18H40N4O8. The maximum atomic E-state index is 11.7. The number of ether oxygens (including phenoxy) is 1. The molecule has 0 radical (unpaired) electrons. The van der Waals surface area contributed by atoms with Gasteiger partial charge in [-0.15, -0.1) is 0 Å². The Morgan fingerprint density at radius 3 is 2.10 bits per heavy atom. The third-order valence-electron chi connectivity index (χ3n) is 3.59. The highest BCUT2D eigenvalue weighted by Crippen LogP contribution is 2.17. The van der Waals surface area contributed by atoms with Crippen molar-refractivity contribution in [2.45, 2.75) is 70.6 Å². The number of aliphatic hydroxyl groups is 4. The second-order valence-corrected chi connectivity index (χ2v) is 7.95. The molecule has 3 unspecified atom stereocenters. The van der Waals surface area contributed by atoms with E-state index in [0.29, 0.717) is 13.0 Å². The number of nitrogens with one attached hydrogen (secondary N) is 3. The first kappa shape index (κ1) is 30.8. The minimum absolute atomic E-state index is 0.0963. The molecule has 0 rings (SSSR count). The average Bonchev–Trinajstić information content (AvgIpc) is 2.64. The standard InChI is InChI=1S/C16H33N3O6.C2H7NO2/c1-11(20)13(22)14(23)18-8-7-16(4,5)24-10-15(2,3)19-12(21)9-25-17-6;3-2(5)1-4/h11,13,17,20,22H,7-10H2,1-6H3,(H,18,23)(H,19,21);2,4-5H,1,3H2. The molecule has 0 aliphatic heterocycles. The molecule has 12 nitrogen and oxygen atoms in total. The van der Waals surface area contributed by atoms with Gasteiger partial charge in [0.15, 0.2) is 6.10 Å². The molecule has 0 bridgehead atoms. The highest BCUT2D eigenvalue weighted by molar-refractivity contribution is 5.81. The molecule has 0 aromatic heterocycles. The summed E-state index contributed by atoms with van der Waals surface area (Å²) < 4.78 is 5.86. The van der Waals surface area contributed by atoms with E-state index in [1.54, 1.807) is 7.05 Å². The fourth-order valence-electron chi connectivity index (χ4n) is 1.85. The molecule has 12 heteroatoms. The number of hydrogen-bond donors (Lipinski definition) is 8. The number of amides is 2. The van der Waals surface area contributed by atoms with Crippen LogP contribution in [0.1, 0.15) is 41.0 Å². The number of carbonyl (C=O) groups excluding carboxylic acids is 2. The van der Waals surface area contributed by atoms with E-state index in [9.17, 15) is 14.7 Å². The SMILES string of the molecule is CNOCC(=O)NC(C)(C)COC(C)(C)CCNC(=O)C(O)C(C)O.NC(O)CO. The zero-order valence-corrected chi connectivity index (χ0v) is 18.8. The Morgan fingerprint density at radius 2 is 1.67 bits per heavy atom. The first-order chi connectivity index (χ1) is 13.7. The van der Waals surface area contributed by atoms with Crippen LogP contribution in [-0.2, 0) is 19.2 Å². The molecule has 2 amide bonds. The van der Waals surface area contributed by atoms with Crippen molar-refractivity contribution in [1.29, 1.82) is 0 Å². The molecule has 0 saturated heterocycles. The fraction of sp³-hybridized carbons (Fsp3) is 0.889. The van der Waals surface area contributed by atoms with Gasteiger partial charge < -0.3 is 41.5 Å². The molecule has 0 aliphatic rings. The molecule has 0 saturated carbocycles. The topological polar surface area (TPSA) is 196 Å². The van der Waals surface area contributed by atoms with Crippen LogP contribution in [0, 0.1) is 0 Å². The Hall–Kier alpha value is -1.38. The highest BCUT2D eigenvalue weighted by Gasteiger charge is 2.27. The van der Waals surface area contributed by atoms with Crippen LogP contribution in [0.25, 0.3) is 0 Å². The van der Waals surface area contributed by atoms with E-state index in [4.69, 9.17) is 24.9 Å². The summed E-state index contributed by atoms with van der Waals surface area (Å²) in [4.78, 5) is 28.1. The Bertz CT molecular complexity index is 487. The van der Waals surface area contributed by atoms with Crippen LogP contribution in [0.3, 0.4) is 0 Å². The van der Waals surface area contributed by atoms with Crippen LogP contribution >= 0.6 is 0 Å². The fourth-order valence-corrected chi connectivity index (χ4v) is 1.85. The number of nitrogens with two attached hydrogens (primary N) is 1. The Balaban J connectivity index is 0. The summed E-state index contributed by atoms with van der Waals surface area (Å²) in [5, 5.41) is 39.6. The molecule has 30 heavy (non-hydrogen) atoms. The van der Waals surface area contributed by atoms with Gasteiger partial charge in [-0.3, -0.25) is 14.4 Å². The molecule has 3 atom stereocenters. The monoisotopic (exact) mass is 440 g/mol. The summed E-state index contributed by atoms with van der Waals surface area (Å²) in [5.41, 5.74) is 5.89. The van der Waals surface area contributed by atoms with Crippen LogP contribution in [0.4, 0.5) is 0 Å². The Labute approximate surface area is 178 Å². The lowest BCUT2D eigenvalue weighted by atomic mass is 10.0. The van der Waals surface area contributed by atoms with Crippen molar-refractivity contribution < 1.29 is 39.6 Å². The van der Waals surface area contributed by atoms with E-state index in [1.807, 2.05) is 27.7 Å². The number of rotatable bonds is 13. The van der Waals surface area contributed by atoms with Gasteiger partial charge in [0.1, 0.15) is 12.8 Å². The predicted octanol–water partition coefficient (Wildman–Crippen LogP) is -2.67. The van der Waals surface area contributed by atoms with Crippen LogP contribution in [-0.4, -0.2) is 95.2 Å². The lowest BCUT2D eigenvalue weighted by molar-refractivity contribution is -0.135. The van der Waals surface area contributed by atoms with E-state index in [2.05, 4.69) is 21.8 Å². The maximum absolute atomic E-state index is 11.7. The minimum Gasteiger partial charge on any atom is -0.392 e. The quantitative estimate of drug-likeness (QED) is 0.110. The van der Waals surface area contributed by atoms with Gasteiger partial charge in [0.25, 0.3) is 5.91 Å². The number of aliphatic hydroxyl groups excluding tert-OH is 4.